The standard InChI is InChI=1S/C27H20O9/c1-32-21-8-14(9-22-26(21)34-7-6-33-22)16-10-23(31)35-20-12-18(30)25-17(29)11-19(36-27(25)24(16)20)13-2-4-15(28)5-3-13/h2-5,8-9,11-12,16,28,30H,6-7,10H2,1H3. The van der Waals surface area contributed by atoms with Gasteiger partial charge in [-0.05, 0) is 42.0 Å². The van der Waals surface area contributed by atoms with Crippen LogP contribution in [0, 0.1) is 0 Å². The summed E-state index contributed by atoms with van der Waals surface area (Å²) in [6.45, 7) is 0.751. The van der Waals surface area contributed by atoms with Crippen molar-refractivity contribution in [1.82, 2.24) is 0 Å². The summed E-state index contributed by atoms with van der Waals surface area (Å²) in [5.74, 6) is 0.339. The number of phenolic OH excluding ortho intramolecular Hbond substituents is 2. The molecule has 36 heavy (non-hydrogen) atoms. The van der Waals surface area contributed by atoms with Crippen LogP contribution in [0.1, 0.15) is 23.5 Å². The number of benzene rings is 3. The van der Waals surface area contributed by atoms with Crippen LogP contribution >= 0.6 is 0 Å². The predicted molar refractivity (Wildman–Crippen MR) is 127 cm³/mol. The van der Waals surface area contributed by atoms with Crippen molar-refractivity contribution in [2.24, 2.45) is 0 Å². The van der Waals surface area contributed by atoms with E-state index in [1.807, 2.05) is 0 Å². The van der Waals surface area contributed by atoms with Gasteiger partial charge in [-0.3, -0.25) is 9.59 Å². The summed E-state index contributed by atoms with van der Waals surface area (Å²) in [7, 11) is 1.51. The van der Waals surface area contributed by atoms with Crippen molar-refractivity contribution in [2.75, 3.05) is 20.3 Å². The summed E-state index contributed by atoms with van der Waals surface area (Å²) in [5.41, 5.74) is 1.30. The second-order valence-corrected chi connectivity index (χ2v) is 8.51. The normalized spacial score (nSPS) is 16.4. The molecule has 0 bridgehead atoms. The predicted octanol–water partition coefficient (Wildman–Crippen LogP) is 4.09. The van der Waals surface area contributed by atoms with Crippen molar-refractivity contribution in [1.29, 1.82) is 0 Å². The summed E-state index contributed by atoms with van der Waals surface area (Å²) in [6.07, 6.45) is -0.0389. The van der Waals surface area contributed by atoms with Crippen molar-refractivity contribution in [3.63, 3.8) is 0 Å². The van der Waals surface area contributed by atoms with Gasteiger partial charge in [-0.15, -0.1) is 0 Å². The van der Waals surface area contributed by atoms with E-state index < -0.39 is 17.3 Å². The number of ether oxygens (including phenoxy) is 4. The molecule has 0 amide bonds. The van der Waals surface area contributed by atoms with E-state index in [1.54, 1.807) is 24.3 Å². The van der Waals surface area contributed by atoms with E-state index in [1.165, 1.54) is 31.4 Å². The van der Waals surface area contributed by atoms with Crippen LogP contribution in [0.15, 0.2) is 57.7 Å². The van der Waals surface area contributed by atoms with E-state index in [0.717, 1.165) is 0 Å². The van der Waals surface area contributed by atoms with Crippen LogP contribution < -0.4 is 24.4 Å². The number of methoxy groups -OCH3 is 1. The number of phenols is 2. The fourth-order valence-electron chi connectivity index (χ4n) is 4.71. The molecule has 0 radical (unpaired) electrons. The molecular weight excluding hydrogens is 468 g/mol. The average molecular weight is 488 g/mol. The highest BCUT2D eigenvalue weighted by Gasteiger charge is 2.35. The van der Waals surface area contributed by atoms with Gasteiger partial charge in [0.1, 0.15) is 47.2 Å². The minimum absolute atomic E-state index is 0.0243. The molecule has 0 saturated heterocycles. The van der Waals surface area contributed by atoms with E-state index in [0.29, 0.717) is 47.2 Å². The lowest BCUT2D eigenvalue weighted by atomic mass is 9.84. The minimum Gasteiger partial charge on any atom is -0.508 e. The highest BCUT2D eigenvalue weighted by molar-refractivity contribution is 5.93. The molecule has 2 aliphatic heterocycles. The maximum Gasteiger partial charge on any atom is 0.312 e. The molecule has 2 N–H and O–H groups in total. The zero-order valence-corrected chi connectivity index (χ0v) is 19.1. The third kappa shape index (κ3) is 3.48. The molecule has 0 spiro atoms. The van der Waals surface area contributed by atoms with Crippen molar-refractivity contribution < 1.29 is 38.4 Å². The zero-order valence-electron chi connectivity index (χ0n) is 19.1. The number of esters is 1. The third-order valence-electron chi connectivity index (χ3n) is 6.33. The monoisotopic (exact) mass is 488 g/mol. The Labute approximate surface area is 204 Å². The Balaban J connectivity index is 1.61. The van der Waals surface area contributed by atoms with Gasteiger partial charge in [0.25, 0.3) is 0 Å². The molecule has 1 aromatic heterocycles. The lowest BCUT2D eigenvalue weighted by Gasteiger charge is -2.28. The summed E-state index contributed by atoms with van der Waals surface area (Å²) in [5, 5.41) is 20.3. The average Bonchev–Trinajstić information content (AvgIpc) is 2.87. The quantitative estimate of drug-likeness (QED) is 0.324. The molecule has 9 heteroatoms. The van der Waals surface area contributed by atoms with E-state index in [9.17, 15) is 19.8 Å². The van der Waals surface area contributed by atoms with Gasteiger partial charge < -0.3 is 33.6 Å². The molecule has 0 saturated carbocycles. The summed E-state index contributed by atoms with van der Waals surface area (Å²) in [4.78, 5) is 25.7. The largest absolute Gasteiger partial charge is 0.508 e. The van der Waals surface area contributed by atoms with Crippen LogP contribution in [0.3, 0.4) is 0 Å². The van der Waals surface area contributed by atoms with Crippen molar-refractivity contribution in [3.8, 4) is 45.8 Å². The molecule has 3 aromatic carbocycles. The molecule has 9 nitrogen and oxygen atoms in total. The van der Waals surface area contributed by atoms with Crippen molar-refractivity contribution in [2.45, 2.75) is 12.3 Å². The summed E-state index contributed by atoms with van der Waals surface area (Å²) >= 11 is 0. The number of aromatic hydroxyl groups is 2. The van der Waals surface area contributed by atoms with Crippen LogP contribution in [0.2, 0.25) is 0 Å². The fraction of sp³-hybridized carbons (Fsp3) is 0.185. The topological polar surface area (TPSA) is 125 Å². The number of hydrogen-bond acceptors (Lipinski definition) is 9. The van der Waals surface area contributed by atoms with Gasteiger partial charge in [0.05, 0.1) is 13.5 Å². The van der Waals surface area contributed by atoms with Gasteiger partial charge in [0.2, 0.25) is 5.75 Å². The fourth-order valence-corrected chi connectivity index (χ4v) is 4.71. The van der Waals surface area contributed by atoms with Crippen LogP contribution in [0.5, 0.6) is 34.5 Å². The van der Waals surface area contributed by atoms with Gasteiger partial charge in [-0.1, -0.05) is 0 Å². The molecule has 1 atom stereocenters. The van der Waals surface area contributed by atoms with Crippen LogP contribution in [0.25, 0.3) is 22.3 Å². The number of carbonyl (C=O) groups is 1. The third-order valence-corrected chi connectivity index (χ3v) is 6.33. The first-order chi connectivity index (χ1) is 17.4. The maximum atomic E-state index is 13.1. The number of fused-ring (bicyclic) bond motifs is 4. The summed E-state index contributed by atoms with van der Waals surface area (Å²) in [6, 6.07) is 12.2. The lowest BCUT2D eigenvalue weighted by molar-refractivity contribution is -0.135. The Kier molecular flexibility index (Phi) is 4.99. The Hall–Kier alpha value is -4.66. The number of rotatable bonds is 3. The number of hydrogen-bond donors (Lipinski definition) is 2. The lowest BCUT2D eigenvalue weighted by Crippen LogP contribution is -2.22. The summed E-state index contributed by atoms with van der Waals surface area (Å²) < 4.78 is 28.6. The van der Waals surface area contributed by atoms with Gasteiger partial charge in [-0.25, -0.2) is 0 Å². The highest BCUT2D eigenvalue weighted by atomic mass is 16.6. The first kappa shape index (κ1) is 21.8. The van der Waals surface area contributed by atoms with Gasteiger partial charge >= 0.3 is 5.97 Å². The van der Waals surface area contributed by atoms with E-state index in [2.05, 4.69) is 0 Å². The SMILES string of the molecule is COc1cc(C2CC(=O)Oc3cc(O)c4c(=O)cc(-c5ccc(O)cc5)oc4c32)cc2c1OCCO2. The molecule has 3 heterocycles. The molecule has 4 aromatic rings. The van der Waals surface area contributed by atoms with Crippen molar-refractivity contribution >= 4 is 16.9 Å². The van der Waals surface area contributed by atoms with Gasteiger partial charge in [0.15, 0.2) is 16.9 Å². The molecule has 0 fully saturated rings. The maximum absolute atomic E-state index is 13.1. The molecular formula is C27H20O9. The van der Waals surface area contributed by atoms with Crippen LogP contribution in [0.4, 0.5) is 0 Å². The van der Waals surface area contributed by atoms with Gasteiger partial charge in [0, 0.05) is 29.2 Å². The molecule has 182 valence electrons. The first-order valence-corrected chi connectivity index (χ1v) is 11.2. The van der Waals surface area contributed by atoms with Crippen LogP contribution in [-0.4, -0.2) is 36.5 Å². The minimum atomic E-state index is -0.590. The van der Waals surface area contributed by atoms with Crippen molar-refractivity contribution in [3.05, 3.63) is 69.9 Å². The molecule has 6 rings (SSSR count). The molecule has 1 unspecified atom stereocenters. The van der Waals surface area contributed by atoms with Crippen LogP contribution in [-0.2, 0) is 4.79 Å². The zero-order chi connectivity index (χ0) is 25.0. The van der Waals surface area contributed by atoms with Gasteiger partial charge in [-0.2, -0.15) is 0 Å². The van der Waals surface area contributed by atoms with E-state index in [4.69, 9.17) is 23.4 Å². The Morgan fingerprint density at radius 1 is 0.944 bits per heavy atom. The Morgan fingerprint density at radius 3 is 2.50 bits per heavy atom. The first-order valence-electron chi connectivity index (χ1n) is 11.2. The number of carbonyl (C=O) groups excluding carboxylic acids is 1. The highest BCUT2D eigenvalue weighted by Crippen LogP contribution is 2.49. The second-order valence-electron chi connectivity index (χ2n) is 8.51. The molecule has 0 aliphatic carbocycles. The Bertz CT molecular complexity index is 1570. The smallest absolute Gasteiger partial charge is 0.312 e. The Morgan fingerprint density at radius 2 is 1.72 bits per heavy atom. The van der Waals surface area contributed by atoms with E-state index >= 15 is 0 Å². The van der Waals surface area contributed by atoms with E-state index in [-0.39, 0.29) is 40.4 Å². The molecule has 2 aliphatic rings. The second kappa shape index (κ2) is 8.23.